The Morgan fingerprint density at radius 2 is 1.89 bits per heavy atom. The lowest BCUT2D eigenvalue weighted by Crippen LogP contribution is -2.33. The lowest BCUT2D eigenvalue weighted by atomic mass is 10.0. The number of hydrogen-bond acceptors (Lipinski definition) is 6. The molecule has 0 bridgehead atoms. The van der Waals surface area contributed by atoms with Crippen molar-refractivity contribution in [3.05, 3.63) is 53.2 Å². The van der Waals surface area contributed by atoms with Crippen LogP contribution in [0.15, 0.2) is 41.4 Å². The van der Waals surface area contributed by atoms with E-state index in [0.717, 1.165) is 30.5 Å². The van der Waals surface area contributed by atoms with Gasteiger partial charge in [0, 0.05) is 30.9 Å². The van der Waals surface area contributed by atoms with Gasteiger partial charge in [0.2, 0.25) is 15.9 Å². The van der Waals surface area contributed by atoms with Gasteiger partial charge in [-0.3, -0.25) is 4.79 Å². The first-order chi connectivity index (χ1) is 16.7. The molecule has 1 atom stereocenters. The maximum absolute atomic E-state index is 13.0. The molecule has 1 aliphatic rings. The predicted molar refractivity (Wildman–Crippen MR) is 114 cm³/mol. The van der Waals surface area contributed by atoms with Gasteiger partial charge in [-0.05, 0) is 24.1 Å². The van der Waals surface area contributed by atoms with Crippen LogP contribution in [-0.2, 0) is 38.6 Å². The fraction of sp³-hybridized carbons (Fsp3) is 0.455. The molecule has 0 amide bonds. The Morgan fingerprint density at radius 1 is 1.14 bits per heavy atom. The average Bonchev–Trinajstić information content (AvgIpc) is 3.30. The number of halogens is 6. The highest BCUT2D eigenvalue weighted by Gasteiger charge is 2.32. The lowest BCUT2D eigenvalue weighted by Gasteiger charge is -2.15. The molecule has 7 nitrogen and oxygen atoms in total. The molecule has 0 saturated carbocycles. The first-order valence-electron chi connectivity index (χ1n) is 10.7. The first-order valence-corrected chi connectivity index (χ1v) is 12.1. The van der Waals surface area contributed by atoms with E-state index in [1.807, 2.05) is 0 Å². The number of hydrogen-bond donors (Lipinski definition) is 1. The van der Waals surface area contributed by atoms with Crippen molar-refractivity contribution >= 4 is 15.8 Å². The number of Topliss-reactive ketones (excluding diaryl/α,β-unsaturated/α-hetero) is 1. The minimum absolute atomic E-state index is 0.0253. The van der Waals surface area contributed by atoms with Crippen molar-refractivity contribution in [2.24, 2.45) is 5.92 Å². The zero-order chi connectivity index (χ0) is 26.6. The van der Waals surface area contributed by atoms with E-state index in [0.29, 0.717) is 19.6 Å². The molecule has 0 spiro atoms. The maximum Gasteiger partial charge on any atom is 0.416 e. The van der Waals surface area contributed by atoms with Gasteiger partial charge in [-0.15, -0.1) is 0 Å². The summed E-state index contributed by atoms with van der Waals surface area (Å²) in [5.41, 5.74) is -0.870. The van der Waals surface area contributed by atoms with Gasteiger partial charge < -0.3 is 9.47 Å². The third-order valence-corrected chi connectivity index (χ3v) is 6.56. The molecule has 0 aliphatic carbocycles. The van der Waals surface area contributed by atoms with Gasteiger partial charge in [0.15, 0.2) is 0 Å². The number of pyridine rings is 1. The zero-order valence-electron chi connectivity index (χ0n) is 18.7. The molecule has 1 aromatic heterocycles. The number of aromatic nitrogens is 1. The van der Waals surface area contributed by atoms with Crippen molar-refractivity contribution in [2.45, 2.75) is 36.5 Å². The molecule has 1 unspecified atom stereocenters. The molecule has 2 aromatic rings. The number of nitrogens with zero attached hydrogens (tertiary/aromatic N) is 1. The molecule has 1 aliphatic heterocycles. The molecule has 36 heavy (non-hydrogen) atoms. The van der Waals surface area contributed by atoms with E-state index in [-0.39, 0.29) is 29.5 Å². The quantitative estimate of drug-likeness (QED) is 0.462. The Kier molecular flexibility index (Phi) is 8.62. The van der Waals surface area contributed by atoms with Crippen LogP contribution in [0.25, 0.3) is 0 Å². The third-order valence-electron chi connectivity index (χ3n) is 5.20. The van der Waals surface area contributed by atoms with Crippen LogP contribution in [0.2, 0.25) is 0 Å². The fourth-order valence-corrected chi connectivity index (χ4v) is 4.42. The molecule has 0 radical (unpaired) electrons. The van der Waals surface area contributed by atoms with Crippen LogP contribution in [0.3, 0.4) is 0 Å². The second-order valence-corrected chi connectivity index (χ2v) is 9.97. The summed E-state index contributed by atoms with van der Waals surface area (Å²) in [7, 11) is -4.62. The van der Waals surface area contributed by atoms with Gasteiger partial charge in [0.05, 0.1) is 25.0 Å². The van der Waals surface area contributed by atoms with Gasteiger partial charge in [-0.25, -0.2) is 18.1 Å². The van der Waals surface area contributed by atoms with Crippen LogP contribution in [0.4, 0.5) is 26.3 Å². The van der Waals surface area contributed by atoms with Gasteiger partial charge in [-0.2, -0.15) is 26.3 Å². The second-order valence-electron chi connectivity index (χ2n) is 8.21. The monoisotopic (exact) mass is 540 g/mol. The Labute approximate surface area is 202 Å². The van der Waals surface area contributed by atoms with E-state index >= 15 is 0 Å². The number of carbonyl (C=O) groups excluding carboxylic acids is 1. The molecule has 2 heterocycles. The summed E-state index contributed by atoms with van der Waals surface area (Å²) < 4.78 is 113. The first kappa shape index (κ1) is 27.9. The number of ketones is 1. The van der Waals surface area contributed by atoms with E-state index in [4.69, 9.17) is 9.47 Å². The summed E-state index contributed by atoms with van der Waals surface area (Å²) in [6, 6.07) is 5.15. The molecule has 14 heteroatoms. The van der Waals surface area contributed by atoms with Crippen LogP contribution in [0, 0.1) is 5.92 Å². The molecular formula is C22H22F6N2O5S. The van der Waals surface area contributed by atoms with Crippen molar-refractivity contribution in [2.75, 3.05) is 26.4 Å². The van der Waals surface area contributed by atoms with E-state index in [1.165, 1.54) is 10.8 Å². The van der Waals surface area contributed by atoms with Crippen LogP contribution < -0.4 is 9.46 Å². The maximum atomic E-state index is 13.0. The molecule has 1 N–H and O–H groups in total. The van der Waals surface area contributed by atoms with Gasteiger partial charge in [0.1, 0.15) is 17.2 Å². The van der Waals surface area contributed by atoms with Gasteiger partial charge in [0.25, 0.3) is 0 Å². The summed E-state index contributed by atoms with van der Waals surface area (Å²) in [5, 5.41) is 0. The number of rotatable bonds is 10. The van der Waals surface area contributed by atoms with Crippen molar-refractivity contribution in [1.82, 2.24) is 9.71 Å². The fourth-order valence-electron chi connectivity index (χ4n) is 3.41. The second kappa shape index (κ2) is 11.1. The van der Waals surface area contributed by atoms with Crippen LogP contribution >= 0.6 is 0 Å². The van der Waals surface area contributed by atoms with Gasteiger partial charge >= 0.3 is 12.4 Å². The number of benzene rings is 1. The van der Waals surface area contributed by atoms with E-state index in [1.54, 1.807) is 0 Å². The average molecular weight is 540 g/mol. The molecular weight excluding hydrogens is 518 g/mol. The predicted octanol–water partition coefficient (Wildman–Crippen LogP) is 3.71. The molecule has 1 aromatic carbocycles. The van der Waals surface area contributed by atoms with Crippen molar-refractivity contribution in [3.63, 3.8) is 0 Å². The minimum atomic E-state index is -4.79. The molecule has 1 saturated heterocycles. The largest absolute Gasteiger partial charge is 0.477 e. The Hall–Kier alpha value is -2.71. The van der Waals surface area contributed by atoms with E-state index in [9.17, 15) is 39.6 Å². The summed E-state index contributed by atoms with van der Waals surface area (Å²) in [5.74, 6) is -0.658. The molecule has 3 rings (SSSR count). The molecule has 1 fully saturated rings. The highest BCUT2D eigenvalue weighted by Crippen LogP contribution is 2.30. The normalized spacial score (nSPS) is 16.8. The topological polar surface area (TPSA) is 94.6 Å². The smallest absolute Gasteiger partial charge is 0.416 e. The Balaban J connectivity index is 1.82. The van der Waals surface area contributed by atoms with Crippen LogP contribution in [0.5, 0.6) is 5.88 Å². The van der Waals surface area contributed by atoms with Crippen molar-refractivity contribution < 1.29 is 49.0 Å². The zero-order valence-corrected chi connectivity index (χ0v) is 19.5. The van der Waals surface area contributed by atoms with Gasteiger partial charge in [-0.1, -0.05) is 18.2 Å². The minimum Gasteiger partial charge on any atom is -0.477 e. The third kappa shape index (κ3) is 8.17. The van der Waals surface area contributed by atoms with Crippen molar-refractivity contribution in [3.8, 4) is 5.88 Å². The highest BCUT2D eigenvalue weighted by atomic mass is 32.2. The molecule has 198 valence electrons. The van der Waals surface area contributed by atoms with E-state index < -0.39 is 58.0 Å². The summed E-state index contributed by atoms with van der Waals surface area (Å²) in [4.78, 5) is 15.9. The van der Waals surface area contributed by atoms with Crippen LogP contribution in [0.1, 0.15) is 23.1 Å². The lowest BCUT2D eigenvalue weighted by molar-refractivity contribution is -0.137. The van der Waals surface area contributed by atoms with E-state index in [2.05, 4.69) is 4.98 Å². The summed E-state index contributed by atoms with van der Waals surface area (Å²) >= 11 is 0. The summed E-state index contributed by atoms with van der Waals surface area (Å²) in [6.07, 6.45) is -8.75. The number of ether oxygens (including phenoxy) is 2. The number of sulfonamides is 1. The Morgan fingerprint density at radius 3 is 2.53 bits per heavy atom. The Bertz CT molecular complexity index is 1180. The highest BCUT2D eigenvalue weighted by molar-refractivity contribution is 7.89. The number of carbonyl (C=O) groups is 1. The van der Waals surface area contributed by atoms with Crippen LogP contribution in [-0.4, -0.2) is 51.7 Å². The standard InChI is InChI=1S/C22H22F6N2O5S/c23-21(24,25)13-30-36(32,33)19-9-16(20(29-10-19)35-12-15-4-5-34-11-15)8-18(31)7-14-2-1-3-17(6-14)22(26,27)28/h1-3,6,9-10,15,30H,4-5,7-8,11-13H2. The SMILES string of the molecule is O=C(Cc1cccc(C(F)(F)F)c1)Cc1cc(S(=O)(=O)NCC(F)(F)F)cnc1OCC1CCOC1. The number of nitrogens with one attached hydrogen (secondary N) is 1. The number of alkyl halides is 6. The summed E-state index contributed by atoms with van der Waals surface area (Å²) in [6.45, 7) is -0.706. The van der Waals surface area contributed by atoms with Crippen molar-refractivity contribution in [1.29, 1.82) is 0 Å².